The second-order valence-electron chi connectivity index (χ2n) is 10.1. The van der Waals surface area contributed by atoms with E-state index in [1.54, 1.807) is 25.1 Å². The molecule has 0 spiro atoms. The number of sulfonamides is 1. The molecular formula is C27H35N5O6S. The van der Waals surface area contributed by atoms with Crippen LogP contribution in [-0.2, 0) is 37.2 Å². The third kappa shape index (κ3) is 7.33. The number of pyridine rings is 1. The first-order valence-electron chi connectivity index (χ1n) is 13.2. The lowest BCUT2D eigenvalue weighted by Gasteiger charge is -2.37. The minimum atomic E-state index is -3.72. The lowest BCUT2D eigenvalue weighted by Crippen LogP contribution is -2.58. The summed E-state index contributed by atoms with van der Waals surface area (Å²) in [7, 11) is -3.72. The van der Waals surface area contributed by atoms with Crippen molar-refractivity contribution in [1.82, 2.24) is 19.9 Å². The highest BCUT2D eigenvalue weighted by atomic mass is 32.2. The number of nitrogens with zero attached hydrogens (tertiary/aromatic N) is 2. The van der Waals surface area contributed by atoms with E-state index < -0.39 is 33.9 Å². The summed E-state index contributed by atoms with van der Waals surface area (Å²) in [6, 6.07) is 9.32. The molecule has 210 valence electrons. The summed E-state index contributed by atoms with van der Waals surface area (Å²) in [5, 5.41) is 17.8. The standard InChI is InChI=1S/C27H35N5O6S/c1-18-6-4-9-22(14-18)39(37,38)32-16-20(17-32)26(34)31-23(27(35)36)15-29-24(33)10-3-2-8-21-12-11-19-7-5-13-28-25(19)30-21/h4,6,9,11-12,14,20,23H,2-3,5,7-8,10,13,15-17H2,1H3,(H,28,30)(H,29,33)(H,31,34)(H,35,36). The predicted molar refractivity (Wildman–Crippen MR) is 145 cm³/mol. The summed E-state index contributed by atoms with van der Waals surface area (Å²) in [6.45, 7) is 2.40. The molecule has 0 radical (unpaired) electrons. The van der Waals surface area contributed by atoms with Crippen LogP contribution in [0.1, 0.15) is 42.5 Å². The number of aryl methyl sites for hydroxylation is 3. The number of unbranched alkanes of at least 4 members (excludes halogenated alkanes) is 1. The molecule has 2 aliphatic heterocycles. The average molecular weight is 558 g/mol. The van der Waals surface area contributed by atoms with Crippen molar-refractivity contribution in [3.63, 3.8) is 0 Å². The maximum atomic E-state index is 12.7. The number of hydrogen-bond acceptors (Lipinski definition) is 7. The Kier molecular flexibility index (Phi) is 9.18. The molecule has 1 unspecified atom stereocenters. The van der Waals surface area contributed by atoms with E-state index in [2.05, 4.69) is 27.0 Å². The number of fused-ring (bicyclic) bond motifs is 1. The molecule has 2 amide bonds. The van der Waals surface area contributed by atoms with Gasteiger partial charge in [0.1, 0.15) is 11.9 Å². The summed E-state index contributed by atoms with van der Waals surface area (Å²) in [6.07, 6.45) is 4.50. The number of rotatable bonds is 12. The highest BCUT2D eigenvalue weighted by Gasteiger charge is 2.41. The summed E-state index contributed by atoms with van der Waals surface area (Å²) >= 11 is 0. The second kappa shape index (κ2) is 12.6. The van der Waals surface area contributed by atoms with Crippen molar-refractivity contribution in [3.8, 4) is 0 Å². The third-order valence-corrected chi connectivity index (χ3v) is 8.83. The second-order valence-corrected chi connectivity index (χ2v) is 12.0. The van der Waals surface area contributed by atoms with Gasteiger partial charge in [-0.1, -0.05) is 18.2 Å². The lowest BCUT2D eigenvalue weighted by molar-refractivity contribution is -0.143. The van der Waals surface area contributed by atoms with Gasteiger partial charge in [-0.3, -0.25) is 9.59 Å². The average Bonchev–Trinajstić information content (AvgIpc) is 2.87. The molecule has 0 saturated carbocycles. The Morgan fingerprint density at radius 2 is 1.97 bits per heavy atom. The third-order valence-electron chi connectivity index (χ3n) is 7.00. The van der Waals surface area contributed by atoms with E-state index in [1.807, 2.05) is 6.07 Å². The van der Waals surface area contributed by atoms with Gasteiger partial charge < -0.3 is 21.1 Å². The summed E-state index contributed by atoms with van der Waals surface area (Å²) < 4.78 is 26.7. The minimum absolute atomic E-state index is 0.0318. The van der Waals surface area contributed by atoms with E-state index in [0.29, 0.717) is 6.42 Å². The molecule has 3 heterocycles. The molecule has 1 fully saturated rings. The summed E-state index contributed by atoms with van der Waals surface area (Å²) in [4.78, 5) is 41.3. The maximum Gasteiger partial charge on any atom is 0.328 e. The van der Waals surface area contributed by atoms with Crippen molar-refractivity contribution in [3.05, 3.63) is 53.2 Å². The van der Waals surface area contributed by atoms with Crippen LogP contribution in [0.4, 0.5) is 5.82 Å². The zero-order chi connectivity index (χ0) is 28.0. The first kappa shape index (κ1) is 28.5. The number of carbonyl (C=O) groups excluding carboxylic acids is 2. The number of nitrogens with one attached hydrogen (secondary N) is 3. The first-order valence-corrected chi connectivity index (χ1v) is 14.7. The Morgan fingerprint density at radius 3 is 2.72 bits per heavy atom. The quantitative estimate of drug-likeness (QED) is 0.286. The number of hydrogen-bond donors (Lipinski definition) is 4. The fourth-order valence-corrected chi connectivity index (χ4v) is 6.25. The number of aromatic nitrogens is 1. The predicted octanol–water partition coefficient (Wildman–Crippen LogP) is 1.47. The fraction of sp³-hybridized carbons (Fsp3) is 0.481. The van der Waals surface area contributed by atoms with Crippen LogP contribution in [-0.4, -0.2) is 72.8 Å². The maximum absolute atomic E-state index is 12.7. The Morgan fingerprint density at radius 1 is 1.18 bits per heavy atom. The van der Waals surface area contributed by atoms with Gasteiger partial charge >= 0.3 is 5.97 Å². The molecular weight excluding hydrogens is 522 g/mol. The van der Waals surface area contributed by atoms with Gasteiger partial charge in [0.15, 0.2) is 0 Å². The molecule has 2 aliphatic rings. The van der Waals surface area contributed by atoms with Gasteiger partial charge in [0.25, 0.3) is 0 Å². The normalized spacial score (nSPS) is 16.3. The van der Waals surface area contributed by atoms with Crippen LogP contribution in [0.5, 0.6) is 0 Å². The molecule has 0 bridgehead atoms. The number of benzene rings is 1. The van der Waals surface area contributed by atoms with Crippen molar-refractivity contribution in [2.24, 2.45) is 5.92 Å². The van der Waals surface area contributed by atoms with E-state index in [1.165, 1.54) is 15.9 Å². The van der Waals surface area contributed by atoms with Crippen LogP contribution in [0.3, 0.4) is 0 Å². The number of carboxylic acids is 1. The molecule has 2 aromatic rings. The van der Waals surface area contributed by atoms with E-state index in [-0.39, 0.29) is 36.9 Å². The van der Waals surface area contributed by atoms with E-state index >= 15 is 0 Å². The number of aliphatic carboxylic acids is 1. The van der Waals surface area contributed by atoms with Gasteiger partial charge in [-0.25, -0.2) is 18.2 Å². The number of carboxylic acid groups (broad SMARTS) is 1. The van der Waals surface area contributed by atoms with Crippen LogP contribution in [0.15, 0.2) is 41.3 Å². The smallest absolute Gasteiger partial charge is 0.328 e. The van der Waals surface area contributed by atoms with Crippen LogP contribution >= 0.6 is 0 Å². The molecule has 39 heavy (non-hydrogen) atoms. The van der Waals surface area contributed by atoms with Gasteiger partial charge in [0.2, 0.25) is 21.8 Å². The van der Waals surface area contributed by atoms with Crippen molar-refractivity contribution in [1.29, 1.82) is 0 Å². The number of carbonyl (C=O) groups is 3. The molecule has 1 saturated heterocycles. The largest absolute Gasteiger partial charge is 0.480 e. The molecule has 1 atom stereocenters. The molecule has 4 rings (SSSR count). The summed E-state index contributed by atoms with van der Waals surface area (Å²) in [5.41, 5.74) is 3.01. The van der Waals surface area contributed by atoms with Gasteiger partial charge in [0, 0.05) is 38.3 Å². The number of anilines is 1. The van der Waals surface area contributed by atoms with Crippen molar-refractivity contribution in [2.75, 3.05) is 31.5 Å². The van der Waals surface area contributed by atoms with Crippen LogP contribution in [0.25, 0.3) is 0 Å². The van der Waals surface area contributed by atoms with Gasteiger partial charge in [0.05, 0.1) is 10.8 Å². The van der Waals surface area contributed by atoms with Crippen molar-refractivity contribution in [2.45, 2.75) is 56.4 Å². The van der Waals surface area contributed by atoms with E-state index in [4.69, 9.17) is 0 Å². The van der Waals surface area contributed by atoms with Gasteiger partial charge in [-0.15, -0.1) is 0 Å². The zero-order valence-electron chi connectivity index (χ0n) is 22.0. The topological polar surface area (TPSA) is 158 Å². The summed E-state index contributed by atoms with van der Waals surface area (Å²) in [5.74, 6) is -1.84. The minimum Gasteiger partial charge on any atom is -0.480 e. The van der Waals surface area contributed by atoms with Crippen LogP contribution < -0.4 is 16.0 Å². The Labute approximate surface area is 228 Å². The van der Waals surface area contributed by atoms with Crippen LogP contribution in [0, 0.1) is 12.8 Å². The van der Waals surface area contributed by atoms with Crippen LogP contribution in [0.2, 0.25) is 0 Å². The zero-order valence-corrected chi connectivity index (χ0v) is 22.8. The molecule has 0 aliphatic carbocycles. The molecule has 1 aromatic carbocycles. The SMILES string of the molecule is Cc1cccc(S(=O)(=O)N2CC(C(=O)NC(CNC(=O)CCCCc3ccc4c(n3)NCCC4)C(=O)O)C2)c1. The highest BCUT2D eigenvalue weighted by Crippen LogP contribution is 2.26. The van der Waals surface area contributed by atoms with Crippen molar-refractivity contribution >= 4 is 33.6 Å². The molecule has 1 aromatic heterocycles. The molecule has 4 N–H and O–H groups in total. The Bertz CT molecular complexity index is 1330. The number of amides is 2. The van der Waals surface area contributed by atoms with Gasteiger partial charge in [-0.2, -0.15) is 4.31 Å². The monoisotopic (exact) mass is 557 g/mol. The van der Waals surface area contributed by atoms with Gasteiger partial charge in [-0.05, 0) is 68.4 Å². The fourth-order valence-electron chi connectivity index (χ4n) is 4.62. The Hall–Kier alpha value is -3.51. The first-order chi connectivity index (χ1) is 18.6. The molecule has 11 nitrogen and oxygen atoms in total. The lowest BCUT2D eigenvalue weighted by atomic mass is 10.0. The Balaban J connectivity index is 1.16. The van der Waals surface area contributed by atoms with E-state index in [9.17, 15) is 27.9 Å². The highest BCUT2D eigenvalue weighted by molar-refractivity contribution is 7.89. The van der Waals surface area contributed by atoms with E-state index in [0.717, 1.165) is 49.3 Å². The molecule has 12 heteroatoms. The van der Waals surface area contributed by atoms with Crippen molar-refractivity contribution < 1.29 is 27.9 Å².